The minimum atomic E-state index is -0.455. The van der Waals surface area contributed by atoms with Gasteiger partial charge in [0.2, 0.25) is 5.91 Å². The zero-order chi connectivity index (χ0) is 13.8. The van der Waals surface area contributed by atoms with Crippen molar-refractivity contribution in [3.63, 3.8) is 0 Å². The van der Waals surface area contributed by atoms with Gasteiger partial charge in [0.25, 0.3) is 0 Å². The molecule has 5 heteroatoms. The summed E-state index contributed by atoms with van der Waals surface area (Å²) in [6, 6.07) is 0. The molecule has 0 saturated heterocycles. The fourth-order valence-electron chi connectivity index (χ4n) is 2.42. The Morgan fingerprint density at radius 3 is 3.21 bits per heavy atom. The van der Waals surface area contributed by atoms with E-state index in [4.69, 9.17) is 0 Å². The molecule has 1 aliphatic rings. The first-order valence-electron chi connectivity index (χ1n) is 7.06. The molecule has 1 aromatic heterocycles. The summed E-state index contributed by atoms with van der Waals surface area (Å²) in [4.78, 5) is 16.2. The van der Waals surface area contributed by atoms with Crippen molar-refractivity contribution in [2.24, 2.45) is 11.8 Å². The van der Waals surface area contributed by atoms with Crippen LogP contribution in [-0.4, -0.2) is 33.2 Å². The molecule has 0 spiro atoms. The summed E-state index contributed by atoms with van der Waals surface area (Å²) in [5, 5.41) is 12.7. The zero-order valence-corrected chi connectivity index (χ0v) is 11.7. The highest BCUT2D eigenvalue weighted by Crippen LogP contribution is 2.20. The molecule has 2 N–H and O–H groups in total. The van der Waals surface area contributed by atoms with Crippen LogP contribution in [0.5, 0.6) is 0 Å². The molecule has 0 saturated carbocycles. The van der Waals surface area contributed by atoms with Crippen LogP contribution in [0.3, 0.4) is 0 Å². The van der Waals surface area contributed by atoms with Crippen molar-refractivity contribution in [3.8, 4) is 0 Å². The van der Waals surface area contributed by atoms with E-state index in [9.17, 15) is 9.90 Å². The highest BCUT2D eigenvalue weighted by molar-refractivity contribution is 5.79. The van der Waals surface area contributed by atoms with Crippen LogP contribution in [0.15, 0.2) is 12.5 Å². The first-order valence-corrected chi connectivity index (χ1v) is 7.06. The average molecular weight is 265 g/mol. The van der Waals surface area contributed by atoms with Gasteiger partial charge in [-0.2, -0.15) is 0 Å². The lowest BCUT2D eigenvalue weighted by molar-refractivity contribution is -0.126. The van der Waals surface area contributed by atoms with E-state index in [1.54, 1.807) is 0 Å². The summed E-state index contributed by atoms with van der Waals surface area (Å²) >= 11 is 0. The monoisotopic (exact) mass is 265 g/mol. The molecule has 0 bridgehead atoms. The number of carbonyl (C=O) groups excluding carboxylic acids is 1. The van der Waals surface area contributed by atoms with Crippen LogP contribution in [0.25, 0.3) is 0 Å². The Balaban J connectivity index is 1.82. The van der Waals surface area contributed by atoms with Crippen LogP contribution in [0.1, 0.15) is 32.4 Å². The number of aliphatic hydroxyl groups is 1. The van der Waals surface area contributed by atoms with E-state index in [-0.39, 0.29) is 17.7 Å². The second kappa shape index (κ2) is 6.19. The number of aromatic nitrogens is 2. The number of hydrogen-bond donors (Lipinski definition) is 2. The third kappa shape index (κ3) is 3.35. The summed E-state index contributed by atoms with van der Waals surface area (Å²) in [5.41, 5.74) is 1.12. The first kappa shape index (κ1) is 14.1. The number of rotatable bonds is 5. The Morgan fingerprint density at radius 1 is 1.68 bits per heavy atom. The second-order valence-corrected chi connectivity index (χ2v) is 5.47. The fourth-order valence-corrected chi connectivity index (χ4v) is 2.42. The van der Waals surface area contributed by atoms with Crippen LogP contribution in [0, 0.1) is 11.8 Å². The van der Waals surface area contributed by atoms with Crippen molar-refractivity contribution < 1.29 is 9.90 Å². The number of imidazole rings is 1. The lowest BCUT2D eigenvalue weighted by Crippen LogP contribution is -2.40. The van der Waals surface area contributed by atoms with E-state index in [1.807, 2.05) is 26.4 Å². The predicted octanol–water partition coefficient (Wildman–Crippen LogP) is 0.969. The highest BCUT2D eigenvalue weighted by atomic mass is 16.3. The standard InChI is InChI=1S/C14H23N3O2/c1-3-10(2)13(18)8-16-14(19)11-4-5-17-9-15-7-12(17)6-11/h7,9-11,13,18H,3-6,8H2,1-2H3,(H,16,19). The van der Waals surface area contributed by atoms with Crippen LogP contribution >= 0.6 is 0 Å². The van der Waals surface area contributed by atoms with Crippen molar-refractivity contribution in [1.82, 2.24) is 14.9 Å². The average Bonchev–Trinajstić information content (AvgIpc) is 2.90. The van der Waals surface area contributed by atoms with Gasteiger partial charge in [0.1, 0.15) is 0 Å². The number of fused-ring (bicyclic) bond motifs is 1. The van der Waals surface area contributed by atoms with Crippen LogP contribution in [0.4, 0.5) is 0 Å². The van der Waals surface area contributed by atoms with E-state index < -0.39 is 6.10 Å². The number of amides is 1. The van der Waals surface area contributed by atoms with Crippen molar-refractivity contribution in [3.05, 3.63) is 18.2 Å². The summed E-state index contributed by atoms with van der Waals surface area (Å²) in [6.07, 6.45) is 5.69. The van der Waals surface area contributed by atoms with E-state index in [0.717, 1.165) is 31.5 Å². The maximum Gasteiger partial charge on any atom is 0.223 e. The topological polar surface area (TPSA) is 67.2 Å². The molecule has 19 heavy (non-hydrogen) atoms. The summed E-state index contributed by atoms with van der Waals surface area (Å²) in [6.45, 7) is 5.24. The van der Waals surface area contributed by atoms with Crippen LogP contribution < -0.4 is 5.32 Å². The number of nitrogens with one attached hydrogen (secondary N) is 1. The molecule has 0 aliphatic carbocycles. The number of aryl methyl sites for hydroxylation is 1. The molecule has 2 rings (SSSR count). The van der Waals surface area contributed by atoms with E-state index >= 15 is 0 Å². The highest BCUT2D eigenvalue weighted by Gasteiger charge is 2.25. The Labute approximate surface area is 114 Å². The van der Waals surface area contributed by atoms with Crippen LogP contribution in [-0.2, 0) is 17.8 Å². The molecular formula is C14H23N3O2. The lowest BCUT2D eigenvalue weighted by Gasteiger charge is -2.24. The van der Waals surface area contributed by atoms with Gasteiger partial charge in [0.05, 0.1) is 12.4 Å². The Bertz CT molecular complexity index is 430. The Hall–Kier alpha value is -1.36. The first-order chi connectivity index (χ1) is 9.11. The van der Waals surface area contributed by atoms with Crippen LogP contribution in [0.2, 0.25) is 0 Å². The van der Waals surface area contributed by atoms with Gasteiger partial charge in [0.15, 0.2) is 0 Å². The normalized spacial score (nSPS) is 21.5. The number of nitrogens with zero attached hydrogens (tertiary/aromatic N) is 2. The predicted molar refractivity (Wildman–Crippen MR) is 72.5 cm³/mol. The minimum Gasteiger partial charge on any atom is -0.391 e. The molecule has 106 valence electrons. The molecule has 5 nitrogen and oxygen atoms in total. The van der Waals surface area contributed by atoms with Gasteiger partial charge < -0.3 is 15.0 Å². The summed E-state index contributed by atoms with van der Waals surface area (Å²) in [5.74, 6) is 0.274. The molecule has 0 radical (unpaired) electrons. The van der Waals surface area contributed by atoms with Gasteiger partial charge in [-0.05, 0) is 12.3 Å². The smallest absolute Gasteiger partial charge is 0.223 e. The minimum absolute atomic E-state index is 0.00772. The van der Waals surface area contributed by atoms with Crippen molar-refractivity contribution in [2.75, 3.05) is 6.54 Å². The SMILES string of the molecule is CCC(C)C(O)CNC(=O)C1CCn2cncc2C1. The lowest BCUT2D eigenvalue weighted by atomic mass is 9.95. The number of carbonyl (C=O) groups is 1. The number of hydrogen-bond acceptors (Lipinski definition) is 3. The Kier molecular flexibility index (Phi) is 4.58. The summed E-state index contributed by atoms with van der Waals surface area (Å²) < 4.78 is 2.10. The molecular weight excluding hydrogens is 242 g/mol. The Morgan fingerprint density at radius 2 is 2.47 bits per heavy atom. The zero-order valence-electron chi connectivity index (χ0n) is 11.7. The van der Waals surface area contributed by atoms with Gasteiger partial charge in [-0.15, -0.1) is 0 Å². The molecule has 3 atom stereocenters. The van der Waals surface area contributed by atoms with E-state index in [2.05, 4.69) is 14.9 Å². The third-order valence-corrected chi connectivity index (χ3v) is 4.13. The fraction of sp³-hybridized carbons (Fsp3) is 0.714. The molecule has 1 aromatic rings. The second-order valence-electron chi connectivity index (χ2n) is 5.47. The van der Waals surface area contributed by atoms with E-state index in [0.29, 0.717) is 6.54 Å². The maximum absolute atomic E-state index is 12.1. The maximum atomic E-state index is 12.1. The van der Waals surface area contributed by atoms with Crippen molar-refractivity contribution >= 4 is 5.91 Å². The summed E-state index contributed by atoms with van der Waals surface area (Å²) in [7, 11) is 0. The molecule has 1 aliphatic heterocycles. The molecule has 3 unspecified atom stereocenters. The van der Waals surface area contributed by atoms with Crippen molar-refractivity contribution in [1.29, 1.82) is 0 Å². The number of aliphatic hydroxyl groups excluding tert-OH is 1. The largest absolute Gasteiger partial charge is 0.391 e. The molecule has 1 amide bonds. The third-order valence-electron chi connectivity index (χ3n) is 4.13. The van der Waals surface area contributed by atoms with Gasteiger partial charge in [-0.25, -0.2) is 4.98 Å². The molecule has 0 aromatic carbocycles. The van der Waals surface area contributed by atoms with E-state index in [1.165, 1.54) is 0 Å². The van der Waals surface area contributed by atoms with Gasteiger partial charge in [-0.1, -0.05) is 20.3 Å². The molecule has 2 heterocycles. The van der Waals surface area contributed by atoms with Gasteiger partial charge in [-0.3, -0.25) is 4.79 Å². The molecule has 0 fully saturated rings. The van der Waals surface area contributed by atoms with Crippen molar-refractivity contribution in [2.45, 2.75) is 45.8 Å². The van der Waals surface area contributed by atoms with Gasteiger partial charge >= 0.3 is 0 Å². The quantitative estimate of drug-likeness (QED) is 0.833. The van der Waals surface area contributed by atoms with Gasteiger partial charge in [0, 0.05) is 37.3 Å².